The summed E-state index contributed by atoms with van der Waals surface area (Å²) in [4.78, 5) is 21.6. The molecule has 1 aliphatic carbocycles. The molecule has 0 radical (unpaired) electrons. The van der Waals surface area contributed by atoms with Crippen LogP contribution < -0.4 is 0 Å². The Kier molecular flexibility index (Phi) is 1.60. The smallest absolute Gasteiger partial charge is 0.180 e. The SMILES string of the molecule is CC(=O)C1(O)CCCC1=O. The molecule has 1 unspecified atom stereocenters. The van der Waals surface area contributed by atoms with Gasteiger partial charge in [-0.05, 0) is 19.8 Å². The van der Waals surface area contributed by atoms with Crippen LogP contribution in [0.1, 0.15) is 26.2 Å². The van der Waals surface area contributed by atoms with E-state index in [4.69, 9.17) is 0 Å². The van der Waals surface area contributed by atoms with Gasteiger partial charge < -0.3 is 5.11 Å². The lowest BCUT2D eigenvalue weighted by Gasteiger charge is -2.15. The van der Waals surface area contributed by atoms with Gasteiger partial charge in [-0.2, -0.15) is 0 Å². The second-order valence-electron chi connectivity index (χ2n) is 2.69. The van der Waals surface area contributed by atoms with Crippen LogP contribution in [0.4, 0.5) is 0 Å². The molecule has 0 aromatic carbocycles. The van der Waals surface area contributed by atoms with Crippen molar-refractivity contribution in [2.45, 2.75) is 31.8 Å². The van der Waals surface area contributed by atoms with Crippen LogP contribution in [0, 0.1) is 0 Å². The number of ketones is 2. The number of aliphatic hydroxyl groups is 1. The lowest BCUT2D eigenvalue weighted by atomic mass is 9.97. The summed E-state index contributed by atoms with van der Waals surface area (Å²) in [5.74, 6) is -0.741. The molecule has 0 saturated heterocycles. The first-order chi connectivity index (χ1) is 4.57. The van der Waals surface area contributed by atoms with Gasteiger partial charge in [0.25, 0.3) is 0 Å². The number of rotatable bonds is 1. The first kappa shape index (κ1) is 7.41. The molecule has 3 nitrogen and oxygen atoms in total. The summed E-state index contributed by atoms with van der Waals surface area (Å²) >= 11 is 0. The fraction of sp³-hybridized carbons (Fsp3) is 0.714. The molecule has 0 amide bonds. The predicted molar refractivity (Wildman–Crippen MR) is 34.5 cm³/mol. The van der Waals surface area contributed by atoms with E-state index in [-0.39, 0.29) is 5.78 Å². The lowest BCUT2D eigenvalue weighted by molar-refractivity contribution is -0.146. The quantitative estimate of drug-likeness (QED) is 0.527. The van der Waals surface area contributed by atoms with Gasteiger partial charge in [0.2, 0.25) is 0 Å². The van der Waals surface area contributed by atoms with Gasteiger partial charge in [0.05, 0.1) is 0 Å². The lowest BCUT2D eigenvalue weighted by Crippen LogP contribution is -2.40. The molecule has 0 aliphatic heterocycles. The van der Waals surface area contributed by atoms with Crippen molar-refractivity contribution < 1.29 is 14.7 Å². The van der Waals surface area contributed by atoms with Crippen LogP contribution in [0.2, 0.25) is 0 Å². The molecule has 1 saturated carbocycles. The van der Waals surface area contributed by atoms with Gasteiger partial charge in [-0.1, -0.05) is 0 Å². The van der Waals surface area contributed by atoms with E-state index < -0.39 is 11.4 Å². The summed E-state index contributed by atoms with van der Waals surface area (Å²) in [6.07, 6.45) is 1.28. The zero-order chi connectivity index (χ0) is 7.78. The van der Waals surface area contributed by atoms with Crippen molar-refractivity contribution in [2.75, 3.05) is 0 Å². The van der Waals surface area contributed by atoms with E-state index in [0.29, 0.717) is 19.3 Å². The van der Waals surface area contributed by atoms with Crippen molar-refractivity contribution in [2.24, 2.45) is 0 Å². The molecular formula is C7H10O3. The third kappa shape index (κ3) is 0.865. The predicted octanol–water partition coefficient (Wildman–Crippen LogP) is 0.0595. The molecule has 56 valence electrons. The van der Waals surface area contributed by atoms with Gasteiger partial charge in [-0.15, -0.1) is 0 Å². The molecule has 10 heavy (non-hydrogen) atoms. The third-order valence-corrected chi connectivity index (χ3v) is 1.99. The molecule has 1 N–H and O–H groups in total. The van der Waals surface area contributed by atoms with E-state index in [0.717, 1.165) is 0 Å². The van der Waals surface area contributed by atoms with Crippen LogP contribution in [0.15, 0.2) is 0 Å². The van der Waals surface area contributed by atoms with Crippen molar-refractivity contribution in [3.8, 4) is 0 Å². The maximum atomic E-state index is 10.9. The fourth-order valence-corrected chi connectivity index (χ4v) is 1.22. The normalized spacial score (nSPS) is 32.8. The second kappa shape index (κ2) is 2.16. The molecule has 0 spiro atoms. The average Bonchev–Trinajstić information content (AvgIpc) is 2.15. The summed E-state index contributed by atoms with van der Waals surface area (Å²) < 4.78 is 0. The summed E-state index contributed by atoms with van der Waals surface area (Å²) in [6, 6.07) is 0. The Balaban J connectivity index is 2.86. The minimum Gasteiger partial charge on any atom is -0.375 e. The summed E-state index contributed by atoms with van der Waals surface area (Å²) in [7, 11) is 0. The molecule has 0 aromatic rings. The van der Waals surface area contributed by atoms with Gasteiger partial charge in [0.1, 0.15) is 0 Å². The standard InChI is InChI=1S/C7H10O3/c1-5(8)7(10)4-2-3-6(7)9/h10H,2-4H2,1H3. The largest absolute Gasteiger partial charge is 0.375 e. The molecule has 0 bridgehead atoms. The molecular weight excluding hydrogens is 132 g/mol. The van der Waals surface area contributed by atoms with Gasteiger partial charge in [-0.25, -0.2) is 0 Å². The van der Waals surface area contributed by atoms with Crippen LogP contribution in [0.5, 0.6) is 0 Å². The van der Waals surface area contributed by atoms with Crippen LogP contribution in [-0.4, -0.2) is 22.3 Å². The van der Waals surface area contributed by atoms with Crippen LogP contribution in [0.25, 0.3) is 0 Å². The minimum absolute atomic E-state index is 0.307. The van der Waals surface area contributed by atoms with E-state index in [1.807, 2.05) is 0 Å². The Bertz CT molecular complexity index is 185. The minimum atomic E-state index is -1.62. The van der Waals surface area contributed by atoms with Crippen LogP contribution >= 0.6 is 0 Å². The Hall–Kier alpha value is -0.700. The van der Waals surface area contributed by atoms with Crippen molar-refractivity contribution >= 4 is 11.6 Å². The highest BCUT2D eigenvalue weighted by Crippen LogP contribution is 2.26. The van der Waals surface area contributed by atoms with Gasteiger partial charge >= 0.3 is 0 Å². The monoisotopic (exact) mass is 142 g/mol. The zero-order valence-electron chi connectivity index (χ0n) is 5.89. The fourth-order valence-electron chi connectivity index (χ4n) is 1.22. The van der Waals surface area contributed by atoms with Crippen molar-refractivity contribution in [3.63, 3.8) is 0 Å². The number of carbonyl (C=O) groups excluding carboxylic acids is 2. The second-order valence-corrected chi connectivity index (χ2v) is 2.69. The van der Waals surface area contributed by atoms with Crippen LogP contribution in [0.3, 0.4) is 0 Å². The highest BCUT2D eigenvalue weighted by molar-refractivity contribution is 6.10. The number of Topliss-reactive ketones (excluding diaryl/α,β-unsaturated/α-hetero) is 2. The highest BCUT2D eigenvalue weighted by atomic mass is 16.3. The molecule has 1 rings (SSSR count). The molecule has 1 aliphatic rings. The van der Waals surface area contributed by atoms with Crippen LogP contribution in [-0.2, 0) is 9.59 Å². The summed E-state index contributed by atoms with van der Waals surface area (Å²) in [6.45, 7) is 1.25. The zero-order valence-corrected chi connectivity index (χ0v) is 5.89. The Morgan fingerprint density at radius 3 is 2.50 bits per heavy atom. The maximum Gasteiger partial charge on any atom is 0.180 e. The molecule has 3 heteroatoms. The van der Waals surface area contributed by atoms with Crippen molar-refractivity contribution in [1.82, 2.24) is 0 Å². The first-order valence-corrected chi connectivity index (χ1v) is 3.34. The van der Waals surface area contributed by atoms with E-state index in [1.165, 1.54) is 6.92 Å². The van der Waals surface area contributed by atoms with Gasteiger partial charge in [0, 0.05) is 6.42 Å². The van der Waals surface area contributed by atoms with E-state index >= 15 is 0 Å². The summed E-state index contributed by atoms with van der Waals surface area (Å²) in [5.41, 5.74) is -1.62. The summed E-state index contributed by atoms with van der Waals surface area (Å²) in [5, 5.41) is 9.34. The molecule has 0 aromatic heterocycles. The maximum absolute atomic E-state index is 10.9. The van der Waals surface area contributed by atoms with Crippen molar-refractivity contribution in [3.05, 3.63) is 0 Å². The third-order valence-electron chi connectivity index (χ3n) is 1.99. The molecule has 1 atom stereocenters. The van der Waals surface area contributed by atoms with E-state index in [9.17, 15) is 14.7 Å². The molecule has 1 fully saturated rings. The number of hydrogen-bond donors (Lipinski definition) is 1. The number of hydrogen-bond acceptors (Lipinski definition) is 3. The van der Waals surface area contributed by atoms with Crippen molar-refractivity contribution in [1.29, 1.82) is 0 Å². The van der Waals surface area contributed by atoms with E-state index in [2.05, 4.69) is 0 Å². The Labute approximate surface area is 59.0 Å². The van der Waals surface area contributed by atoms with E-state index in [1.54, 1.807) is 0 Å². The average molecular weight is 142 g/mol. The first-order valence-electron chi connectivity index (χ1n) is 3.34. The topological polar surface area (TPSA) is 54.4 Å². The van der Waals surface area contributed by atoms with Gasteiger partial charge in [0.15, 0.2) is 17.2 Å². The Morgan fingerprint density at radius 1 is 1.70 bits per heavy atom. The van der Waals surface area contributed by atoms with Gasteiger partial charge in [-0.3, -0.25) is 9.59 Å². The number of carbonyl (C=O) groups is 2. The molecule has 0 heterocycles. The highest BCUT2D eigenvalue weighted by Gasteiger charge is 2.43. The Morgan fingerprint density at radius 2 is 2.30 bits per heavy atom.